The van der Waals surface area contributed by atoms with Crippen LogP contribution >= 0.6 is 0 Å². The van der Waals surface area contributed by atoms with Crippen LogP contribution in [0.15, 0.2) is 24.3 Å². The highest BCUT2D eigenvalue weighted by atomic mass is 19.1. The highest BCUT2D eigenvalue weighted by molar-refractivity contribution is 5.48. The van der Waals surface area contributed by atoms with Crippen LogP contribution in [0.3, 0.4) is 0 Å². The molecule has 1 fully saturated rings. The summed E-state index contributed by atoms with van der Waals surface area (Å²) in [4.78, 5) is 4.77. The Balaban J connectivity index is 2.07. The molecule has 2 rings (SSSR count). The second-order valence-electron chi connectivity index (χ2n) is 6.66. The molecular weight excluding hydrogens is 265 g/mol. The van der Waals surface area contributed by atoms with Crippen LogP contribution in [-0.4, -0.2) is 43.7 Å². The number of nitrogens with two attached hydrogens (primary N) is 1. The van der Waals surface area contributed by atoms with Gasteiger partial charge in [-0.05, 0) is 43.0 Å². The number of hydrogen-bond donors (Lipinski definition) is 1. The van der Waals surface area contributed by atoms with Crippen molar-refractivity contribution >= 4 is 5.69 Å². The topological polar surface area (TPSA) is 32.5 Å². The van der Waals surface area contributed by atoms with Gasteiger partial charge in [-0.2, -0.15) is 0 Å². The first-order valence-electron chi connectivity index (χ1n) is 7.89. The molecule has 0 aliphatic carbocycles. The lowest BCUT2D eigenvalue weighted by molar-refractivity contribution is 0.148. The Bertz CT molecular complexity index is 436. The van der Waals surface area contributed by atoms with E-state index < -0.39 is 0 Å². The second kappa shape index (κ2) is 6.75. The zero-order valence-electron chi connectivity index (χ0n) is 13.5. The molecule has 0 saturated carbocycles. The van der Waals surface area contributed by atoms with E-state index in [1.54, 1.807) is 0 Å². The van der Waals surface area contributed by atoms with Crippen molar-refractivity contribution in [2.75, 3.05) is 38.1 Å². The van der Waals surface area contributed by atoms with Crippen LogP contribution in [0.4, 0.5) is 10.1 Å². The monoisotopic (exact) mass is 293 g/mol. The molecule has 0 bridgehead atoms. The lowest BCUT2D eigenvalue weighted by Crippen LogP contribution is -2.58. The SMILES string of the molecule is CC(C)CN1CCC(CN)(N(C)c2ccc(F)cc2)CC1. The van der Waals surface area contributed by atoms with Crippen LogP contribution in [0.2, 0.25) is 0 Å². The Morgan fingerprint density at radius 1 is 1.24 bits per heavy atom. The molecule has 21 heavy (non-hydrogen) atoms. The van der Waals surface area contributed by atoms with E-state index in [0.717, 1.165) is 38.2 Å². The van der Waals surface area contributed by atoms with Crippen molar-refractivity contribution in [1.29, 1.82) is 0 Å². The number of nitrogens with zero attached hydrogens (tertiary/aromatic N) is 2. The molecule has 1 saturated heterocycles. The first-order chi connectivity index (χ1) is 9.97. The van der Waals surface area contributed by atoms with E-state index in [1.165, 1.54) is 12.1 Å². The first-order valence-corrected chi connectivity index (χ1v) is 7.89. The van der Waals surface area contributed by atoms with E-state index in [4.69, 9.17) is 5.73 Å². The number of anilines is 1. The molecule has 3 nitrogen and oxygen atoms in total. The summed E-state index contributed by atoms with van der Waals surface area (Å²) in [5, 5.41) is 0. The molecule has 1 aromatic carbocycles. The molecule has 2 N–H and O–H groups in total. The van der Waals surface area contributed by atoms with Crippen LogP contribution in [0.25, 0.3) is 0 Å². The molecule has 1 aliphatic heterocycles. The summed E-state index contributed by atoms with van der Waals surface area (Å²) in [6.45, 7) is 8.48. The van der Waals surface area contributed by atoms with E-state index in [-0.39, 0.29) is 11.4 Å². The minimum Gasteiger partial charge on any atom is -0.368 e. The molecule has 0 radical (unpaired) electrons. The van der Waals surface area contributed by atoms with Gasteiger partial charge in [0.25, 0.3) is 0 Å². The van der Waals surface area contributed by atoms with Crippen molar-refractivity contribution in [2.24, 2.45) is 11.7 Å². The predicted octanol–water partition coefficient (Wildman–Crippen LogP) is 2.71. The standard InChI is InChI=1S/C17H28FN3/c1-14(2)12-21-10-8-17(13-19,9-11-21)20(3)16-6-4-15(18)5-7-16/h4-7,14H,8-13,19H2,1-3H3. The van der Waals surface area contributed by atoms with Crippen molar-refractivity contribution in [3.63, 3.8) is 0 Å². The number of likely N-dealkylation sites (N-methyl/N-ethyl adjacent to an activating group) is 1. The van der Waals surface area contributed by atoms with Gasteiger partial charge < -0.3 is 15.5 Å². The Labute approximate surface area is 127 Å². The molecule has 0 amide bonds. The van der Waals surface area contributed by atoms with Gasteiger partial charge in [0, 0.05) is 38.9 Å². The van der Waals surface area contributed by atoms with Crippen LogP contribution in [-0.2, 0) is 0 Å². The zero-order chi connectivity index (χ0) is 15.5. The van der Waals surface area contributed by atoms with E-state index in [0.29, 0.717) is 12.5 Å². The van der Waals surface area contributed by atoms with Crippen molar-refractivity contribution in [3.05, 3.63) is 30.1 Å². The summed E-state index contributed by atoms with van der Waals surface area (Å²) in [6.07, 6.45) is 2.12. The Hall–Kier alpha value is -1.13. The smallest absolute Gasteiger partial charge is 0.123 e. The lowest BCUT2D eigenvalue weighted by atomic mass is 9.85. The highest BCUT2D eigenvalue weighted by Gasteiger charge is 2.37. The molecule has 118 valence electrons. The minimum absolute atomic E-state index is 0.00862. The van der Waals surface area contributed by atoms with Gasteiger partial charge in [-0.1, -0.05) is 13.8 Å². The Morgan fingerprint density at radius 3 is 2.29 bits per heavy atom. The van der Waals surface area contributed by atoms with Crippen molar-refractivity contribution < 1.29 is 4.39 Å². The first kappa shape index (κ1) is 16.2. The van der Waals surface area contributed by atoms with Crippen LogP contribution < -0.4 is 10.6 Å². The molecule has 1 aromatic rings. The van der Waals surface area contributed by atoms with Gasteiger partial charge in [0.05, 0.1) is 5.54 Å². The van der Waals surface area contributed by atoms with Crippen LogP contribution in [0.1, 0.15) is 26.7 Å². The van der Waals surface area contributed by atoms with Crippen molar-refractivity contribution in [2.45, 2.75) is 32.2 Å². The molecule has 4 heteroatoms. The Kier molecular flexibility index (Phi) is 5.22. The fourth-order valence-corrected chi connectivity index (χ4v) is 3.28. The van der Waals surface area contributed by atoms with Gasteiger partial charge in [-0.25, -0.2) is 4.39 Å². The third kappa shape index (κ3) is 3.74. The molecule has 1 heterocycles. The number of halogens is 1. The number of rotatable bonds is 5. The summed E-state index contributed by atoms with van der Waals surface area (Å²) in [5.41, 5.74) is 7.15. The summed E-state index contributed by atoms with van der Waals surface area (Å²) in [5.74, 6) is 0.505. The van der Waals surface area contributed by atoms with Gasteiger partial charge in [0.2, 0.25) is 0 Å². The van der Waals surface area contributed by atoms with Gasteiger partial charge in [0.1, 0.15) is 5.82 Å². The van der Waals surface area contributed by atoms with Crippen molar-refractivity contribution in [1.82, 2.24) is 4.90 Å². The third-order valence-electron chi connectivity index (χ3n) is 4.72. The van der Waals surface area contributed by atoms with Gasteiger partial charge >= 0.3 is 0 Å². The molecular formula is C17H28FN3. The van der Waals surface area contributed by atoms with E-state index in [9.17, 15) is 4.39 Å². The normalized spacial score (nSPS) is 19.0. The third-order valence-corrected chi connectivity index (χ3v) is 4.72. The fraction of sp³-hybridized carbons (Fsp3) is 0.647. The van der Waals surface area contributed by atoms with Crippen LogP contribution in [0.5, 0.6) is 0 Å². The van der Waals surface area contributed by atoms with Gasteiger partial charge in [-0.3, -0.25) is 0 Å². The van der Waals surface area contributed by atoms with Crippen molar-refractivity contribution in [3.8, 4) is 0 Å². The van der Waals surface area contributed by atoms with E-state index in [2.05, 4.69) is 30.7 Å². The maximum Gasteiger partial charge on any atom is 0.123 e. The van der Waals surface area contributed by atoms with E-state index >= 15 is 0 Å². The summed E-state index contributed by atoms with van der Waals surface area (Å²) in [7, 11) is 2.08. The van der Waals surface area contributed by atoms with Gasteiger partial charge in [0.15, 0.2) is 0 Å². The lowest BCUT2D eigenvalue weighted by Gasteiger charge is -2.48. The average molecular weight is 293 g/mol. The maximum atomic E-state index is 13.1. The zero-order valence-corrected chi connectivity index (χ0v) is 13.5. The molecule has 1 aliphatic rings. The summed E-state index contributed by atoms with van der Waals surface area (Å²) < 4.78 is 13.1. The summed E-state index contributed by atoms with van der Waals surface area (Å²) >= 11 is 0. The summed E-state index contributed by atoms with van der Waals surface area (Å²) in [6, 6.07) is 6.72. The largest absolute Gasteiger partial charge is 0.368 e. The molecule has 0 aromatic heterocycles. The van der Waals surface area contributed by atoms with Gasteiger partial charge in [-0.15, -0.1) is 0 Å². The predicted molar refractivity (Wildman–Crippen MR) is 87.1 cm³/mol. The number of hydrogen-bond acceptors (Lipinski definition) is 3. The average Bonchev–Trinajstić information content (AvgIpc) is 2.48. The fourth-order valence-electron chi connectivity index (χ4n) is 3.28. The highest BCUT2D eigenvalue weighted by Crippen LogP contribution is 2.31. The molecule has 0 atom stereocenters. The molecule has 0 spiro atoms. The number of benzene rings is 1. The number of piperidine rings is 1. The second-order valence-corrected chi connectivity index (χ2v) is 6.66. The quantitative estimate of drug-likeness (QED) is 0.906. The molecule has 0 unspecified atom stereocenters. The van der Waals surface area contributed by atoms with Crippen LogP contribution in [0, 0.1) is 11.7 Å². The minimum atomic E-state index is -0.194. The number of likely N-dealkylation sites (tertiary alicyclic amines) is 1. The Morgan fingerprint density at radius 2 is 1.81 bits per heavy atom. The maximum absolute atomic E-state index is 13.1. The van der Waals surface area contributed by atoms with E-state index in [1.807, 2.05) is 12.1 Å².